The van der Waals surface area contributed by atoms with Crippen LogP contribution in [0.15, 0.2) is 54.7 Å². The van der Waals surface area contributed by atoms with E-state index in [2.05, 4.69) is 11.1 Å². The predicted molar refractivity (Wildman–Crippen MR) is 131 cm³/mol. The summed E-state index contributed by atoms with van der Waals surface area (Å²) in [5.74, 6) is -0.0956. The summed E-state index contributed by atoms with van der Waals surface area (Å²) in [4.78, 5) is 33.7. The molecule has 3 aromatic rings. The third-order valence-corrected chi connectivity index (χ3v) is 7.25. The fraction of sp³-hybridized carbons (Fsp3) is 0.429. The molecule has 6 heteroatoms. The van der Waals surface area contributed by atoms with Gasteiger partial charge in [0.25, 0.3) is 0 Å². The SMILES string of the molecule is O=C(CN(C(=O)C1CCCC1)C1CC1)N(CCc1c[nH]c2ccccc12)Cc1ccc(F)cc1. The minimum Gasteiger partial charge on any atom is -0.361 e. The third-order valence-electron chi connectivity index (χ3n) is 7.25. The summed E-state index contributed by atoms with van der Waals surface area (Å²) in [6, 6.07) is 14.7. The molecule has 34 heavy (non-hydrogen) atoms. The summed E-state index contributed by atoms with van der Waals surface area (Å²) in [5.41, 5.74) is 3.12. The highest BCUT2D eigenvalue weighted by atomic mass is 19.1. The molecule has 1 N–H and O–H groups in total. The zero-order chi connectivity index (χ0) is 23.5. The van der Waals surface area contributed by atoms with E-state index in [1.165, 1.54) is 12.1 Å². The lowest BCUT2D eigenvalue weighted by Crippen LogP contribution is -2.46. The van der Waals surface area contributed by atoms with Gasteiger partial charge in [0.1, 0.15) is 12.4 Å². The Morgan fingerprint density at radius 1 is 0.971 bits per heavy atom. The second-order valence-corrected chi connectivity index (χ2v) is 9.73. The molecule has 0 radical (unpaired) electrons. The zero-order valence-electron chi connectivity index (χ0n) is 19.5. The standard InChI is InChI=1S/C28H32FN3O2/c29-23-11-9-20(10-12-23)18-31(16-15-22-17-30-26-8-4-3-7-25(22)26)27(33)19-32(24-13-14-24)28(34)21-5-1-2-6-21/h3-4,7-12,17,21,24,30H,1-2,5-6,13-16,18-19H2. The van der Waals surface area contributed by atoms with Crippen LogP contribution in [0.1, 0.15) is 49.7 Å². The fourth-order valence-electron chi connectivity index (χ4n) is 5.12. The first-order valence-electron chi connectivity index (χ1n) is 12.5. The number of carbonyl (C=O) groups is 2. The van der Waals surface area contributed by atoms with Crippen LogP contribution < -0.4 is 0 Å². The zero-order valence-corrected chi connectivity index (χ0v) is 19.5. The number of halogens is 1. The molecule has 2 amide bonds. The van der Waals surface area contributed by atoms with Gasteiger partial charge in [0.2, 0.25) is 11.8 Å². The van der Waals surface area contributed by atoms with Crippen LogP contribution in [0.3, 0.4) is 0 Å². The first-order chi connectivity index (χ1) is 16.6. The number of benzene rings is 2. The van der Waals surface area contributed by atoms with Crippen LogP contribution in [0.5, 0.6) is 0 Å². The molecule has 0 atom stereocenters. The maximum absolute atomic E-state index is 13.5. The van der Waals surface area contributed by atoms with Crippen LogP contribution in [0.25, 0.3) is 10.9 Å². The quantitative estimate of drug-likeness (QED) is 0.484. The molecule has 0 unspecified atom stereocenters. The first kappa shape index (κ1) is 22.6. The molecule has 0 spiro atoms. The summed E-state index contributed by atoms with van der Waals surface area (Å²) >= 11 is 0. The molecule has 1 heterocycles. The van der Waals surface area contributed by atoms with E-state index in [1.807, 2.05) is 34.2 Å². The van der Waals surface area contributed by atoms with Gasteiger partial charge < -0.3 is 14.8 Å². The number of aromatic amines is 1. The number of amides is 2. The molecule has 2 aromatic carbocycles. The maximum Gasteiger partial charge on any atom is 0.242 e. The minimum atomic E-state index is -0.289. The second-order valence-electron chi connectivity index (χ2n) is 9.73. The van der Waals surface area contributed by atoms with Crippen LogP contribution in [-0.2, 0) is 22.6 Å². The molecular formula is C28H32FN3O2. The van der Waals surface area contributed by atoms with Gasteiger partial charge in [0.05, 0.1) is 0 Å². The maximum atomic E-state index is 13.5. The van der Waals surface area contributed by atoms with Crippen LogP contribution in [-0.4, -0.2) is 45.7 Å². The van der Waals surface area contributed by atoms with E-state index < -0.39 is 0 Å². The van der Waals surface area contributed by atoms with Crippen molar-refractivity contribution < 1.29 is 14.0 Å². The normalized spacial score (nSPS) is 16.1. The topological polar surface area (TPSA) is 56.4 Å². The van der Waals surface area contributed by atoms with Crippen molar-refractivity contribution in [1.29, 1.82) is 0 Å². The summed E-state index contributed by atoms with van der Waals surface area (Å²) in [5, 5.41) is 1.16. The minimum absolute atomic E-state index is 0.0394. The number of H-pyrrole nitrogens is 1. The van der Waals surface area contributed by atoms with Gasteiger partial charge in [0, 0.05) is 42.1 Å². The van der Waals surface area contributed by atoms with Gasteiger partial charge in [-0.3, -0.25) is 9.59 Å². The highest BCUT2D eigenvalue weighted by molar-refractivity contribution is 5.87. The van der Waals surface area contributed by atoms with Crippen molar-refractivity contribution in [3.63, 3.8) is 0 Å². The second kappa shape index (κ2) is 10.00. The molecule has 2 aliphatic rings. The number of fused-ring (bicyclic) bond motifs is 1. The Hall–Kier alpha value is -3.15. The Kier molecular flexibility index (Phi) is 6.66. The van der Waals surface area contributed by atoms with Gasteiger partial charge in [-0.15, -0.1) is 0 Å². The van der Waals surface area contributed by atoms with Gasteiger partial charge in [-0.1, -0.05) is 43.2 Å². The van der Waals surface area contributed by atoms with Crippen LogP contribution in [0, 0.1) is 11.7 Å². The summed E-state index contributed by atoms with van der Waals surface area (Å²) in [7, 11) is 0. The molecule has 5 nitrogen and oxygen atoms in total. The van der Waals surface area contributed by atoms with Crippen LogP contribution in [0.4, 0.5) is 4.39 Å². The van der Waals surface area contributed by atoms with Gasteiger partial charge >= 0.3 is 0 Å². The van der Waals surface area contributed by atoms with Gasteiger partial charge in [-0.2, -0.15) is 0 Å². The Morgan fingerprint density at radius 2 is 1.71 bits per heavy atom. The largest absolute Gasteiger partial charge is 0.361 e. The Balaban J connectivity index is 1.32. The number of nitrogens with zero attached hydrogens (tertiary/aromatic N) is 2. The molecule has 1 aromatic heterocycles. The molecule has 0 saturated heterocycles. The Labute approximate surface area is 199 Å². The molecule has 0 aliphatic heterocycles. The third kappa shape index (κ3) is 5.16. The molecule has 178 valence electrons. The first-order valence-corrected chi connectivity index (χ1v) is 12.5. The molecule has 2 saturated carbocycles. The number of para-hydroxylation sites is 1. The number of aromatic nitrogens is 1. The van der Waals surface area contributed by atoms with E-state index >= 15 is 0 Å². The lowest BCUT2D eigenvalue weighted by Gasteiger charge is -2.29. The van der Waals surface area contributed by atoms with E-state index in [1.54, 1.807) is 12.1 Å². The average molecular weight is 462 g/mol. The van der Waals surface area contributed by atoms with E-state index in [0.29, 0.717) is 19.5 Å². The van der Waals surface area contributed by atoms with Crippen molar-refractivity contribution in [2.75, 3.05) is 13.1 Å². The lowest BCUT2D eigenvalue weighted by molar-refractivity contribution is -0.143. The predicted octanol–water partition coefficient (Wildman–Crippen LogP) is 5.06. The number of nitrogens with one attached hydrogen (secondary N) is 1. The summed E-state index contributed by atoms with van der Waals surface area (Å²) in [6.07, 6.45) is 8.76. The highest BCUT2D eigenvalue weighted by Crippen LogP contribution is 2.33. The summed E-state index contributed by atoms with van der Waals surface area (Å²) < 4.78 is 13.4. The molecule has 2 aliphatic carbocycles. The van der Waals surface area contributed by atoms with Crippen molar-refractivity contribution in [3.8, 4) is 0 Å². The van der Waals surface area contributed by atoms with E-state index in [-0.39, 0.29) is 36.1 Å². The van der Waals surface area contributed by atoms with Crippen molar-refractivity contribution in [3.05, 3.63) is 71.7 Å². The van der Waals surface area contributed by atoms with Crippen LogP contribution >= 0.6 is 0 Å². The molecule has 5 rings (SSSR count). The monoisotopic (exact) mass is 461 g/mol. The van der Waals surface area contributed by atoms with Crippen molar-refractivity contribution >= 4 is 22.7 Å². The van der Waals surface area contributed by atoms with Crippen molar-refractivity contribution in [2.24, 2.45) is 5.92 Å². The number of carbonyl (C=O) groups excluding carboxylic acids is 2. The van der Waals surface area contributed by atoms with E-state index in [9.17, 15) is 14.0 Å². The highest BCUT2D eigenvalue weighted by Gasteiger charge is 2.38. The Morgan fingerprint density at radius 3 is 2.44 bits per heavy atom. The van der Waals surface area contributed by atoms with E-state index in [0.717, 1.165) is 60.6 Å². The van der Waals surface area contributed by atoms with Crippen molar-refractivity contribution in [2.45, 2.75) is 57.5 Å². The molecule has 2 fully saturated rings. The van der Waals surface area contributed by atoms with Crippen molar-refractivity contribution in [1.82, 2.24) is 14.8 Å². The van der Waals surface area contributed by atoms with E-state index in [4.69, 9.17) is 0 Å². The molecular weight excluding hydrogens is 429 g/mol. The number of hydrogen-bond donors (Lipinski definition) is 1. The summed E-state index contributed by atoms with van der Waals surface area (Å²) in [6.45, 7) is 1.07. The number of rotatable bonds is 9. The lowest BCUT2D eigenvalue weighted by atomic mass is 10.1. The smallest absolute Gasteiger partial charge is 0.242 e. The molecule has 0 bridgehead atoms. The van der Waals surface area contributed by atoms with Gasteiger partial charge in [0.15, 0.2) is 0 Å². The number of hydrogen-bond acceptors (Lipinski definition) is 2. The average Bonchev–Trinajstić information content (AvgIpc) is 3.37. The van der Waals surface area contributed by atoms with Gasteiger partial charge in [-0.05, 0) is 61.4 Å². The fourth-order valence-corrected chi connectivity index (χ4v) is 5.12. The Bertz CT molecular complexity index is 1150. The van der Waals surface area contributed by atoms with Crippen LogP contribution in [0.2, 0.25) is 0 Å². The van der Waals surface area contributed by atoms with Gasteiger partial charge in [-0.25, -0.2) is 4.39 Å².